The van der Waals surface area contributed by atoms with Gasteiger partial charge >= 0.3 is 5.97 Å². The number of carboxylic acids is 1. The highest BCUT2D eigenvalue weighted by Gasteiger charge is 2.48. The predicted molar refractivity (Wildman–Crippen MR) is 110 cm³/mol. The van der Waals surface area contributed by atoms with E-state index in [4.69, 9.17) is 13.9 Å². The highest BCUT2D eigenvalue weighted by Crippen LogP contribution is 2.41. The summed E-state index contributed by atoms with van der Waals surface area (Å²) in [5.41, 5.74) is -1.62. The molecule has 8 N–H and O–H groups in total. The molecule has 2 heterocycles. The number of rotatable bonds is 4. The smallest absolute Gasteiger partial charge is 0.335 e. The molecule has 34 heavy (non-hydrogen) atoms. The summed E-state index contributed by atoms with van der Waals surface area (Å²) in [5.74, 6) is -5.08. The molecule has 0 saturated carbocycles. The maximum atomic E-state index is 13.3. The minimum absolute atomic E-state index is 0.213. The number of benzene rings is 2. The van der Waals surface area contributed by atoms with Gasteiger partial charge in [-0.25, -0.2) is 4.79 Å². The zero-order valence-corrected chi connectivity index (χ0v) is 16.9. The fourth-order valence-electron chi connectivity index (χ4n) is 3.53. The Kier molecular flexibility index (Phi) is 5.70. The van der Waals surface area contributed by atoms with E-state index in [2.05, 4.69) is 0 Å². The van der Waals surface area contributed by atoms with Gasteiger partial charge in [0.25, 0.3) is 0 Å². The number of hydrogen-bond acceptors (Lipinski definition) is 12. The Balaban J connectivity index is 1.92. The van der Waals surface area contributed by atoms with E-state index in [1.807, 2.05) is 0 Å². The van der Waals surface area contributed by atoms with E-state index in [1.165, 1.54) is 0 Å². The molecule has 5 atom stereocenters. The summed E-state index contributed by atoms with van der Waals surface area (Å²) in [6.07, 6.45) is -10.1. The van der Waals surface area contributed by atoms with Crippen LogP contribution in [-0.4, -0.2) is 77.5 Å². The van der Waals surface area contributed by atoms with Crippen molar-refractivity contribution in [3.63, 3.8) is 0 Å². The van der Waals surface area contributed by atoms with Crippen LogP contribution in [-0.2, 0) is 9.53 Å². The number of phenols is 4. The maximum absolute atomic E-state index is 13.3. The number of fused-ring (bicyclic) bond motifs is 1. The minimum Gasteiger partial charge on any atom is -0.508 e. The molecule has 2 aromatic carbocycles. The molecule has 1 unspecified atom stereocenters. The number of phenolic OH excluding ortho intramolecular Hbond substituents is 4. The number of hydrogen-bond donors (Lipinski definition) is 8. The van der Waals surface area contributed by atoms with Crippen molar-refractivity contribution in [1.29, 1.82) is 0 Å². The Bertz CT molecular complexity index is 1330. The van der Waals surface area contributed by atoms with Crippen molar-refractivity contribution in [2.45, 2.75) is 30.7 Å². The van der Waals surface area contributed by atoms with Gasteiger partial charge in [-0.05, 0) is 12.1 Å². The first-order valence-corrected chi connectivity index (χ1v) is 9.64. The Hall–Kier alpha value is -4.04. The lowest BCUT2D eigenvalue weighted by molar-refractivity contribution is -0.271. The van der Waals surface area contributed by atoms with E-state index in [-0.39, 0.29) is 16.9 Å². The Morgan fingerprint density at radius 2 is 1.56 bits per heavy atom. The maximum Gasteiger partial charge on any atom is 0.335 e. The molecule has 1 aliphatic heterocycles. The molecule has 0 radical (unpaired) electrons. The topological polar surface area (TPSA) is 228 Å². The highest BCUT2D eigenvalue weighted by molar-refractivity contribution is 5.89. The lowest BCUT2D eigenvalue weighted by atomic mass is 9.99. The summed E-state index contributed by atoms with van der Waals surface area (Å²) >= 11 is 0. The van der Waals surface area contributed by atoms with E-state index in [0.717, 1.165) is 30.3 Å². The number of aliphatic hydroxyl groups is 3. The van der Waals surface area contributed by atoms with Gasteiger partial charge in [-0.15, -0.1) is 0 Å². The van der Waals surface area contributed by atoms with Crippen LogP contribution in [0.2, 0.25) is 0 Å². The first kappa shape index (κ1) is 23.1. The van der Waals surface area contributed by atoms with E-state index >= 15 is 0 Å². The summed E-state index contributed by atoms with van der Waals surface area (Å²) in [7, 11) is 0. The average Bonchev–Trinajstić information content (AvgIpc) is 2.74. The molecule has 1 saturated heterocycles. The third-order valence-corrected chi connectivity index (χ3v) is 5.19. The molecule has 1 fully saturated rings. The van der Waals surface area contributed by atoms with Crippen LogP contribution in [0.25, 0.3) is 22.3 Å². The van der Waals surface area contributed by atoms with Crippen LogP contribution in [0, 0.1) is 0 Å². The second-order valence-corrected chi connectivity index (χ2v) is 7.48. The monoisotopic (exact) mass is 478 g/mol. The molecule has 4 rings (SSSR count). The molecule has 0 amide bonds. The molecule has 3 aromatic rings. The Morgan fingerprint density at radius 3 is 2.21 bits per heavy atom. The minimum atomic E-state index is -2.04. The number of aliphatic hydroxyl groups excluding tert-OH is 3. The number of aromatic hydroxyl groups is 4. The Labute approximate surface area is 188 Å². The molecule has 1 aromatic heterocycles. The van der Waals surface area contributed by atoms with Crippen LogP contribution in [0.4, 0.5) is 0 Å². The van der Waals surface area contributed by atoms with Gasteiger partial charge in [-0.2, -0.15) is 0 Å². The molecule has 0 spiro atoms. The Morgan fingerprint density at radius 1 is 0.882 bits per heavy atom. The first-order chi connectivity index (χ1) is 16.0. The van der Waals surface area contributed by atoms with E-state index in [0.29, 0.717) is 0 Å². The zero-order valence-electron chi connectivity index (χ0n) is 16.9. The van der Waals surface area contributed by atoms with Crippen LogP contribution in [0.15, 0.2) is 39.5 Å². The van der Waals surface area contributed by atoms with Crippen molar-refractivity contribution >= 4 is 16.9 Å². The largest absolute Gasteiger partial charge is 0.508 e. The van der Waals surface area contributed by atoms with Crippen molar-refractivity contribution in [3.05, 3.63) is 40.6 Å². The molecule has 0 aliphatic carbocycles. The van der Waals surface area contributed by atoms with Crippen LogP contribution in [0.3, 0.4) is 0 Å². The van der Waals surface area contributed by atoms with E-state index in [9.17, 15) is 50.4 Å². The standard InChI is InChI=1S/C21H18O13/c22-6-1-2-8(9(24)3-6)17-18(13(26)12-10(25)4-7(23)5-11(12)32-17)33-21-16(29)14(27)15(28)19(34-21)20(30)31/h1-5,14-16,19,21-25,27-29H,(H,30,31)/t14-,15-,16+,19-,21?/m0/s1. The van der Waals surface area contributed by atoms with Gasteiger partial charge in [0.05, 0.1) is 5.56 Å². The van der Waals surface area contributed by atoms with Gasteiger partial charge in [-0.3, -0.25) is 4.79 Å². The molecule has 1 aliphatic rings. The van der Waals surface area contributed by atoms with Crippen molar-refractivity contribution in [3.8, 4) is 40.1 Å². The summed E-state index contributed by atoms with van der Waals surface area (Å²) in [6.45, 7) is 0. The average molecular weight is 478 g/mol. The predicted octanol–water partition coefficient (Wildman–Crippen LogP) is -0.447. The quantitative estimate of drug-likeness (QED) is 0.238. The molecular formula is C21H18O13. The second kappa shape index (κ2) is 8.39. The number of carbonyl (C=O) groups is 1. The molecule has 13 nitrogen and oxygen atoms in total. The lowest BCUT2D eigenvalue weighted by Crippen LogP contribution is -2.61. The van der Waals surface area contributed by atoms with E-state index < -0.39 is 76.2 Å². The summed E-state index contributed by atoms with van der Waals surface area (Å²) < 4.78 is 16.0. The van der Waals surface area contributed by atoms with Gasteiger partial charge in [0, 0.05) is 18.2 Å². The number of aliphatic carboxylic acids is 1. The summed E-state index contributed by atoms with van der Waals surface area (Å²) in [6, 6.07) is 5.02. The van der Waals surface area contributed by atoms with Crippen molar-refractivity contribution in [2.24, 2.45) is 0 Å². The van der Waals surface area contributed by atoms with Crippen LogP contribution in [0.1, 0.15) is 0 Å². The van der Waals surface area contributed by atoms with Crippen LogP contribution in [0.5, 0.6) is 28.7 Å². The molecule has 180 valence electrons. The van der Waals surface area contributed by atoms with Crippen LogP contribution >= 0.6 is 0 Å². The fourth-order valence-corrected chi connectivity index (χ4v) is 3.53. The first-order valence-electron chi connectivity index (χ1n) is 9.64. The van der Waals surface area contributed by atoms with Crippen molar-refractivity contribution in [1.82, 2.24) is 0 Å². The fraction of sp³-hybridized carbons (Fsp3) is 0.238. The summed E-state index contributed by atoms with van der Waals surface area (Å²) in [5, 5.41) is 78.7. The van der Waals surface area contributed by atoms with Gasteiger partial charge in [0.1, 0.15) is 52.3 Å². The van der Waals surface area contributed by atoms with Gasteiger partial charge < -0.3 is 54.7 Å². The van der Waals surface area contributed by atoms with Crippen molar-refractivity contribution in [2.75, 3.05) is 0 Å². The second-order valence-electron chi connectivity index (χ2n) is 7.48. The number of ether oxygens (including phenoxy) is 2. The normalized spacial score (nSPS) is 24.7. The summed E-state index contributed by atoms with van der Waals surface area (Å²) in [4.78, 5) is 24.6. The van der Waals surface area contributed by atoms with Gasteiger partial charge in [-0.1, -0.05) is 0 Å². The van der Waals surface area contributed by atoms with Gasteiger partial charge in [0.15, 0.2) is 11.9 Å². The lowest BCUT2D eigenvalue weighted by Gasteiger charge is -2.38. The third kappa shape index (κ3) is 3.82. The molecule has 13 heteroatoms. The van der Waals surface area contributed by atoms with Crippen LogP contribution < -0.4 is 10.2 Å². The third-order valence-electron chi connectivity index (χ3n) is 5.19. The SMILES string of the molecule is O=C(O)[C@H]1OC(Oc2c(-c3ccc(O)cc3O)oc3cc(O)cc(O)c3c2=O)[C@H](O)[C@@H](O)[C@@H]1O. The number of carboxylic acid groups (broad SMARTS) is 1. The van der Waals surface area contributed by atoms with Gasteiger partial charge in [0.2, 0.25) is 17.5 Å². The van der Waals surface area contributed by atoms with E-state index in [1.54, 1.807) is 0 Å². The zero-order chi connectivity index (χ0) is 24.9. The molecular weight excluding hydrogens is 460 g/mol. The molecule has 0 bridgehead atoms. The van der Waals surface area contributed by atoms with Crippen molar-refractivity contribution < 1.29 is 59.5 Å². The highest BCUT2D eigenvalue weighted by atomic mass is 16.7.